The van der Waals surface area contributed by atoms with Gasteiger partial charge in [-0.3, -0.25) is 4.90 Å². The highest BCUT2D eigenvalue weighted by Crippen LogP contribution is 2.47. The van der Waals surface area contributed by atoms with Gasteiger partial charge in [-0.25, -0.2) is 4.39 Å². The van der Waals surface area contributed by atoms with E-state index < -0.39 is 6.17 Å². The minimum absolute atomic E-state index is 0.0920. The third kappa shape index (κ3) is 2.10. The van der Waals surface area contributed by atoms with E-state index in [0.29, 0.717) is 13.0 Å². The molecule has 2 aliphatic rings. The first kappa shape index (κ1) is 11.1. The maximum atomic E-state index is 13.5. The van der Waals surface area contributed by atoms with Crippen LogP contribution < -0.4 is 0 Å². The zero-order valence-corrected chi connectivity index (χ0v) is 10.1. The number of rotatable bonds is 1. The second kappa shape index (κ2) is 3.31. The largest absolute Gasteiger partial charge is 0.290 e. The van der Waals surface area contributed by atoms with Crippen LogP contribution >= 0.6 is 0 Å². The van der Waals surface area contributed by atoms with Crippen LogP contribution in [0, 0.1) is 5.41 Å². The zero-order chi connectivity index (χ0) is 11.3. The molecule has 0 radical (unpaired) electrons. The van der Waals surface area contributed by atoms with E-state index >= 15 is 0 Å². The normalized spacial score (nSPS) is 37.3. The molecular formula is C13H22FN. The molecule has 0 bridgehead atoms. The van der Waals surface area contributed by atoms with Gasteiger partial charge in [-0.05, 0) is 24.7 Å². The van der Waals surface area contributed by atoms with E-state index in [9.17, 15) is 4.39 Å². The van der Waals surface area contributed by atoms with Gasteiger partial charge in [-0.2, -0.15) is 0 Å². The van der Waals surface area contributed by atoms with Gasteiger partial charge in [-0.1, -0.05) is 32.9 Å². The van der Waals surface area contributed by atoms with E-state index in [0.717, 1.165) is 19.4 Å². The topological polar surface area (TPSA) is 3.24 Å². The van der Waals surface area contributed by atoms with E-state index in [2.05, 4.69) is 32.3 Å². The molecule has 1 nitrogen and oxygen atoms in total. The van der Waals surface area contributed by atoms with Crippen LogP contribution in [0.25, 0.3) is 0 Å². The van der Waals surface area contributed by atoms with Crippen molar-refractivity contribution in [2.45, 2.75) is 51.7 Å². The summed E-state index contributed by atoms with van der Waals surface area (Å²) in [7, 11) is 0. The Morgan fingerprint density at radius 1 is 1.53 bits per heavy atom. The molecule has 2 heteroatoms. The number of nitrogens with zero attached hydrogens (tertiary/aromatic N) is 1. The van der Waals surface area contributed by atoms with E-state index in [4.69, 9.17) is 0 Å². The molecule has 0 aromatic carbocycles. The Morgan fingerprint density at radius 3 is 2.80 bits per heavy atom. The molecule has 0 saturated carbocycles. The van der Waals surface area contributed by atoms with Gasteiger partial charge in [0.15, 0.2) is 0 Å². The van der Waals surface area contributed by atoms with Crippen molar-refractivity contribution >= 4 is 0 Å². The average Bonchev–Trinajstić information content (AvgIpc) is 2.33. The van der Waals surface area contributed by atoms with Crippen LogP contribution in [0.5, 0.6) is 0 Å². The Balaban J connectivity index is 2.19. The van der Waals surface area contributed by atoms with Crippen LogP contribution in [0.15, 0.2) is 12.2 Å². The first-order valence-electron chi connectivity index (χ1n) is 5.87. The molecule has 0 unspecified atom stereocenters. The first-order valence-corrected chi connectivity index (χ1v) is 5.87. The third-order valence-corrected chi connectivity index (χ3v) is 3.54. The quantitative estimate of drug-likeness (QED) is 0.602. The highest BCUT2D eigenvalue weighted by Gasteiger charge is 2.51. The fourth-order valence-electron chi connectivity index (χ4n) is 3.48. The van der Waals surface area contributed by atoms with E-state index in [-0.39, 0.29) is 11.0 Å². The lowest BCUT2D eigenvalue weighted by atomic mass is 9.77. The van der Waals surface area contributed by atoms with Gasteiger partial charge in [0, 0.05) is 18.6 Å². The van der Waals surface area contributed by atoms with E-state index in [1.54, 1.807) is 0 Å². The SMILES string of the molecule is C=C1CN2C[C@@H](F)C[C@]2(CC(C)(C)C)C1. The van der Waals surface area contributed by atoms with E-state index in [1.165, 1.54) is 5.57 Å². The molecule has 2 rings (SSSR count). The summed E-state index contributed by atoms with van der Waals surface area (Å²) in [5.74, 6) is 0. The highest BCUT2D eigenvalue weighted by molar-refractivity contribution is 5.19. The molecule has 0 spiro atoms. The summed E-state index contributed by atoms with van der Waals surface area (Å²) >= 11 is 0. The van der Waals surface area contributed by atoms with Crippen molar-refractivity contribution in [2.75, 3.05) is 13.1 Å². The standard InChI is InChI=1S/C13H22FN/c1-10-5-13(9-12(2,3)4)6-11(14)8-15(13)7-10/h11H,1,5-9H2,2-4H3/t11-,13-/m0/s1. The van der Waals surface area contributed by atoms with Gasteiger partial charge in [0.2, 0.25) is 0 Å². The molecule has 0 aromatic heterocycles. The Hall–Kier alpha value is -0.370. The minimum Gasteiger partial charge on any atom is -0.290 e. The van der Waals surface area contributed by atoms with Crippen molar-refractivity contribution in [2.24, 2.45) is 5.41 Å². The lowest BCUT2D eigenvalue weighted by Gasteiger charge is -2.37. The first-order chi connectivity index (χ1) is 6.81. The van der Waals surface area contributed by atoms with Crippen molar-refractivity contribution in [3.8, 4) is 0 Å². The molecular weight excluding hydrogens is 189 g/mol. The van der Waals surface area contributed by atoms with E-state index in [1.807, 2.05) is 0 Å². The molecule has 2 saturated heterocycles. The minimum atomic E-state index is -0.625. The van der Waals surface area contributed by atoms with Crippen molar-refractivity contribution in [3.63, 3.8) is 0 Å². The number of alkyl halides is 1. The molecule has 2 aliphatic heterocycles. The Morgan fingerprint density at radius 2 is 2.20 bits per heavy atom. The number of hydrogen-bond donors (Lipinski definition) is 0. The van der Waals surface area contributed by atoms with Crippen molar-refractivity contribution in [3.05, 3.63) is 12.2 Å². The molecule has 2 fully saturated rings. The summed E-state index contributed by atoms with van der Waals surface area (Å²) in [4.78, 5) is 2.32. The average molecular weight is 211 g/mol. The summed E-state index contributed by atoms with van der Waals surface area (Å²) in [6.45, 7) is 12.3. The number of hydrogen-bond acceptors (Lipinski definition) is 1. The van der Waals surface area contributed by atoms with Crippen LogP contribution in [-0.4, -0.2) is 29.7 Å². The molecule has 0 aliphatic carbocycles. The smallest absolute Gasteiger partial charge is 0.115 e. The molecule has 86 valence electrons. The predicted octanol–water partition coefficient (Wildman–Crippen LogP) is 3.17. The molecule has 0 N–H and O–H groups in total. The van der Waals surface area contributed by atoms with Crippen LogP contribution in [-0.2, 0) is 0 Å². The summed E-state index contributed by atoms with van der Waals surface area (Å²) in [5, 5.41) is 0. The van der Waals surface area contributed by atoms with Gasteiger partial charge in [0.1, 0.15) is 6.17 Å². The molecule has 2 atom stereocenters. The monoisotopic (exact) mass is 211 g/mol. The number of halogens is 1. The van der Waals surface area contributed by atoms with Crippen LogP contribution in [0.4, 0.5) is 4.39 Å². The van der Waals surface area contributed by atoms with Gasteiger partial charge in [-0.15, -0.1) is 0 Å². The second-order valence-corrected chi connectivity index (χ2v) is 6.57. The van der Waals surface area contributed by atoms with Gasteiger partial charge in [0.05, 0.1) is 0 Å². The van der Waals surface area contributed by atoms with Crippen molar-refractivity contribution < 1.29 is 4.39 Å². The van der Waals surface area contributed by atoms with Crippen LogP contribution in [0.1, 0.15) is 40.0 Å². The second-order valence-electron chi connectivity index (χ2n) is 6.57. The summed E-state index contributed by atoms with van der Waals surface area (Å²) in [6.07, 6.45) is 2.17. The zero-order valence-electron chi connectivity index (χ0n) is 10.1. The Kier molecular flexibility index (Phi) is 2.45. The Labute approximate surface area is 92.3 Å². The van der Waals surface area contributed by atoms with Crippen LogP contribution in [0.3, 0.4) is 0 Å². The van der Waals surface area contributed by atoms with Crippen molar-refractivity contribution in [1.29, 1.82) is 0 Å². The molecule has 15 heavy (non-hydrogen) atoms. The maximum Gasteiger partial charge on any atom is 0.115 e. The predicted molar refractivity (Wildman–Crippen MR) is 61.6 cm³/mol. The van der Waals surface area contributed by atoms with Gasteiger partial charge >= 0.3 is 0 Å². The number of fused-ring (bicyclic) bond motifs is 1. The summed E-state index contributed by atoms with van der Waals surface area (Å²) in [5.41, 5.74) is 1.65. The third-order valence-electron chi connectivity index (χ3n) is 3.54. The molecule has 0 amide bonds. The van der Waals surface area contributed by atoms with Gasteiger partial charge in [0.25, 0.3) is 0 Å². The molecule has 2 heterocycles. The van der Waals surface area contributed by atoms with Crippen molar-refractivity contribution in [1.82, 2.24) is 4.90 Å². The fraction of sp³-hybridized carbons (Fsp3) is 0.846. The lowest BCUT2D eigenvalue weighted by Crippen LogP contribution is -2.41. The summed E-state index contributed by atoms with van der Waals surface area (Å²) in [6, 6.07) is 0. The highest BCUT2D eigenvalue weighted by atomic mass is 19.1. The fourth-order valence-corrected chi connectivity index (χ4v) is 3.48. The Bertz CT molecular complexity index is 279. The summed E-state index contributed by atoms with van der Waals surface area (Å²) < 4.78 is 13.5. The van der Waals surface area contributed by atoms with Gasteiger partial charge < -0.3 is 0 Å². The lowest BCUT2D eigenvalue weighted by molar-refractivity contribution is 0.129. The maximum absolute atomic E-state index is 13.5. The molecule has 0 aromatic rings. The van der Waals surface area contributed by atoms with Crippen LogP contribution in [0.2, 0.25) is 0 Å².